The predicted molar refractivity (Wildman–Crippen MR) is 40.2 cm³/mol. The molecule has 14 heavy (non-hydrogen) atoms. The van der Waals surface area contributed by atoms with Gasteiger partial charge >= 0.3 is 6.47 Å². The van der Waals surface area contributed by atoms with E-state index in [0.717, 1.165) is 0 Å². The topological polar surface area (TPSA) is 126 Å². The Morgan fingerprint density at radius 2 is 2.00 bits per heavy atom. The molecule has 0 bridgehead atoms. The summed E-state index contributed by atoms with van der Waals surface area (Å²) in [5.41, 5.74) is 0. The van der Waals surface area contributed by atoms with Crippen LogP contribution in [0.25, 0.3) is 0 Å². The summed E-state index contributed by atoms with van der Waals surface area (Å²) >= 11 is 0. The zero-order valence-corrected chi connectivity index (χ0v) is 7.30. The zero-order chi connectivity index (χ0) is 10.9. The van der Waals surface area contributed by atoms with Crippen LogP contribution < -0.4 is 4.84 Å². The molecule has 78 valence electrons. The molecule has 0 radical (unpaired) electrons. The molecule has 0 aliphatic carbocycles. The minimum Gasteiger partial charge on any atom is -0.492 e. The van der Waals surface area contributed by atoms with E-state index in [2.05, 4.69) is 4.84 Å². The van der Waals surface area contributed by atoms with Gasteiger partial charge in [0, 0.05) is 6.07 Å². The third-order valence-electron chi connectivity index (χ3n) is 1.31. The van der Waals surface area contributed by atoms with Gasteiger partial charge in [-0.3, -0.25) is 9.35 Å². The van der Waals surface area contributed by atoms with Gasteiger partial charge in [-0.1, -0.05) is 0 Å². The maximum absolute atomic E-state index is 10.6. The second kappa shape index (κ2) is 3.20. The van der Waals surface area contributed by atoms with Gasteiger partial charge in [-0.05, 0) is 0 Å². The van der Waals surface area contributed by atoms with E-state index in [1.54, 1.807) is 0 Å². The smallest absolute Gasteiger partial charge is 0.321 e. The van der Waals surface area contributed by atoms with Crippen LogP contribution in [0.2, 0.25) is 0 Å². The van der Waals surface area contributed by atoms with Gasteiger partial charge in [0.05, 0.1) is 0 Å². The van der Waals surface area contributed by atoms with Crippen molar-refractivity contribution in [3.8, 4) is 11.8 Å². The Bertz CT molecular complexity index is 459. The van der Waals surface area contributed by atoms with Gasteiger partial charge in [0.1, 0.15) is 0 Å². The zero-order valence-electron chi connectivity index (χ0n) is 6.48. The molecular weight excluding hydrogens is 218 g/mol. The van der Waals surface area contributed by atoms with Crippen molar-refractivity contribution in [1.29, 1.82) is 0 Å². The van der Waals surface area contributed by atoms with Crippen molar-refractivity contribution in [2.24, 2.45) is 0 Å². The number of carbonyl (C=O) groups excluding carboxylic acids is 1. The molecule has 0 aliphatic rings. The lowest BCUT2D eigenvalue weighted by Gasteiger charge is -2.00. The third kappa shape index (κ3) is 1.63. The average molecular weight is 223 g/mol. The lowest BCUT2D eigenvalue weighted by molar-refractivity contribution is -0.130. The Morgan fingerprint density at radius 1 is 1.43 bits per heavy atom. The quantitative estimate of drug-likeness (QED) is 0.430. The van der Waals surface area contributed by atoms with Crippen LogP contribution in [0.5, 0.6) is 11.8 Å². The molecule has 0 aliphatic heterocycles. The molecule has 0 amide bonds. The molecule has 9 heteroatoms. The van der Waals surface area contributed by atoms with Crippen LogP contribution in [-0.4, -0.2) is 34.4 Å². The van der Waals surface area contributed by atoms with Crippen molar-refractivity contribution in [3.63, 3.8) is 0 Å². The van der Waals surface area contributed by atoms with Crippen molar-refractivity contribution >= 4 is 16.6 Å². The van der Waals surface area contributed by atoms with Crippen LogP contribution in [0.15, 0.2) is 11.0 Å². The van der Waals surface area contributed by atoms with E-state index in [1.807, 2.05) is 0 Å². The van der Waals surface area contributed by atoms with Crippen LogP contribution in [0, 0.1) is 0 Å². The monoisotopic (exact) mass is 223 g/mol. The lowest BCUT2D eigenvalue weighted by atomic mass is 10.6. The number of hydrogen-bond acceptors (Lipinski definition) is 6. The van der Waals surface area contributed by atoms with Gasteiger partial charge < -0.3 is 15.1 Å². The molecule has 0 fully saturated rings. The maximum atomic E-state index is 10.6. The molecule has 0 saturated heterocycles. The Labute approximate surface area is 77.7 Å². The SMILES string of the molecule is O=COn1c(O)cc(S(=O)(=O)O)c1O. The van der Waals surface area contributed by atoms with E-state index < -0.39 is 26.8 Å². The summed E-state index contributed by atoms with van der Waals surface area (Å²) < 4.78 is 29.8. The number of aromatic hydroxyl groups is 2. The molecule has 1 aromatic rings. The van der Waals surface area contributed by atoms with Gasteiger partial charge in [-0.25, -0.2) is 0 Å². The van der Waals surface area contributed by atoms with Crippen LogP contribution in [-0.2, 0) is 14.9 Å². The minimum atomic E-state index is -4.68. The van der Waals surface area contributed by atoms with Crippen LogP contribution in [0.4, 0.5) is 0 Å². The summed E-state index contributed by atoms with van der Waals surface area (Å²) in [5.74, 6) is -1.95. The molecule has 0 saturated carbocycles. The molecule has 0 spiro atoms. The highest BCUT2D eigenvalue weighted by Crippen LogP contribution is 2.29. The van der Waals surface area contributed by atoms with Crippen molar-refractivity contribution < 1.29 is 32.8 Å². The van der Waals surface area contributed by atoms with E-state index in [0.29, 0.717) is 6.07 Å². The van der Waals surface area contributed by atoms with E-state index in [-0.39, 0.29) is 11.2 Å². The van der Waals surface area contributed by atoms with E-state index in [4.69, 9.17) is 14.8 Å². The third-order valence-corrected chi connectivity index (χ3v) is 2.16. The number of carbonyl (C=O) groups is 1. The maximum Gasteiger partial charge on any atom is 0.321 e. The summed E-state index contributed by atoms with van der Waals surface area (Å²) in [7, 11) is -4.68. The van der Waals surface area contributed by atoms with Crippen LogP contribution >= 0.6 is 0 Å². The van der Waals surface area contributed by atoms with Gasteiger partial charge in [0.25, 0.3) is 16.0 Å². The van der Waals surface area contributed by atoms with Gasteiger partial charge in [-0.15, -0.1) is 4.73 Å². The molecule has 1 rings (SSSR count). The summed E-state index contributed by atoms with van der Waals surface area (Å²) in [4.78, 5) is 12.9. The normalized spacial score (nSPS) is 11.2. The molecule has 3 N–H and O–H groups in total. The first-order valence-electron chi connectivity index (χ1n) is 3.10. The summed E-state index contributed by atoms with van der Waals surface area (Å²) in [6, 6.07) is 0.522. The summed E-state index contributed by atoms with van der Waals surface area (Å²) in [5, 5.41) is 18.0. The molecular formula is C5H5NO7S. The largest absolute Gasteiger partial charge is 0.492 e. The number of hydrogen-bond donors (Lipinski definition) is 3. The minimum absolute atomic E-state index is 0.135. The van der Waals surface area contributed by atoms with Crippen LogP contribution in [0.1, 0.15) is 0 Å². The predicted octanol–water partition coefficient (Wildman–Crippen LogP) is -1.27. The van der Waals surface area contributed by atoms with Gasteiger partial charge in [0.15, 0.2) is 4.90 Å². The Morgan fingerprint density at radius 3 is 2.36 bits per heavy atom. The molecule has 1 aromatic heterocycles. The number of rotatable bonds is 3. The summed E-state index contributed by atoms with van der Waals surface area (Å²) in [6.45, 7) is -0.146. The first-order chi connectivity index (χ1) is 6.38. The fraction of sp³-hybridized carbons (Fsp3) is 0. The molecule has 1 heterocycles. The second-order valence-corrected chi connectivity index (χ2v) is 3.55. The lowest BCUT2D eigenvalue weighted by Crippen LogP contribution is -2.08. The van der Waals surface area contributed by atoms with Crippen molar-refractivity contribution in [2.75, 3.05) is 0 Å². The average Bonchev–Trinajstić information content (AvgIpc) is 2.31. The standard InChI is InChI=1S/C5H5NO7S/c7-2-13-6-4(8)1-3(5(6)9)14(10,11)12/h1-2,8-9H,(H,10,11,12). The second-order valence-electron chi connectivity index (χ2n) is 2.16. The summed E-state index contributed by atoms with van der Waals surface area (Å²) in [6.07, 6.45) is 0. The Hall–Kier alpha value is -1.74. The van der Waals surface area contributed by atoms with Gasteiger partial charge in [-0.2, -0.15) is 8.42 Å². The highest BCUT2D eigenvalue weighted by atomic mass is 32.2. The van der Waals surface area contributed by atoms with Crippen LogP contribution in [0.3, 0.4) is 0 Å². The number of nitrogens with zero attached hydrogens (tertiary/aromatic N) is 1. The number of aromatic nitrogens is 1. The highest BCUT2D eigenvalue weighted by molar-refractivity contribution is 7.86. The molecule has 0 aromatic carbocycles. The first kappa shape index (κ1) is 10.3. The fourth-order valence-corrected chi connectivity index (χ4v) is 1.35. The van der Waals surface area contributed by atoms with Crippen molar-refractivity contribution in [1.82, 2.24) is 4.73 Å². The highest BCUT2D eigenvalue weighted by Gasteiger charge is 2.24. The van der Waals surface area contributed by atoms with E-state index >= 15 is 0 Å². The van der Waals surface area contributed by atoms with Gasteiger partial charge in [0.2, 0.25) is 5.88 Å². The fourth-order valence-electron chi connectivity index (χ4n) is 0.786. The van der Waals surface area contributed by atoms with Crippen molar-refractivity contribution in [3.05, 3.63) is 6.07 Å². The van der Waals surface area contributed by atoms with Crippen molar-refractivity contribution in [2.45, 2.75) is 4.90 Å². The Balaban J connectivity index is 3.38. The molecule has 0 unspecified atom stereocenters. The van der Waals surface area contributed by atoms with E-state index in [1.165, 1.54) is 0 Å². The molecule has 0 atom stereocenters. The molecule has 8 nitrogen and oxygen atoms in total. The van der Waals surface area contributed by atoms with E-state index in [9.17, 15) is 13.2 Å². The Kier molecular flexibility index (Phi) is 2.36. The first-order valence-corrected chi connectivity index (χ1v) is 4.54.